The smallest absolute Gasteiger partial charge is 0.363 e. The lowest BCUT2D eigenvalue weighted by atomic mass is 10.1. The van der Waals surface area contributed by atoms with Crippen molar-refractivity contribution in [2.75, 3.05) is 14.2 Å². The van der Waals surface area contributed by atoms with E-state index in [1.165, 1.54) is 0 Å². The van der Waals surface area contributed by atoms with Crippen molar-refractivity contribution in [2.24, 2.45) is 4.99 Å². The lowest BCUT2D eigenvalue weighted by Crippen LogP contribution is -2.01. The Morgan fingerprint density at radius 3 is 2.48 bits per heavy atom. The van der Waals surface area contributed by atoms with E-state index in [0.29, 0.717) is 17.1 Å². The SMILES string of the molecule is COc1cccc(C=C2N=C(C=Cc3ccccc3)OC2=O)c1OC. The summed E-state index contributed by atoms with van der Waals surface area (Å²) in [4.78, 5) is 16.3. The lowest BCUT2D eigenvalue weighted by molar-refractivity contribution is -0.129. The van der Waals surface area contributed by atoms with E-state index in [9.17, 15) is 4.79 Å². The number of ether oxygens (including phenoxy) is 3. The minimum Gasteiger partial charge on any atom is -0.493 e. The van der Waals surface area contributed by atoms with Gasteiger partial charge in [-0.2, -0.15) is 0 Å². The molecule has 0 fully saturated rings. The monoisotopic (exact) mass is 335 g/mol. The first-order chi connectivity index (χ1) is 12.2. The molecule has 3 rings (SSSR count). The molecule has 0 radical (unpaired) electrons. The van der Waals surface area contributed by atoms with E-state index in [1.54, 1.807) is 32.4 Å². The summed E-state index contributed by atoms with van der Waals surface area (Å²) >= 11 is 0. The van der Waals surface area contributed by atoms with Crippen molar-refractivity contribution >= 4 is 24.0 Å². The lowest BCUT2D eigenvalue weighted by Gasteiger charge is -2.09. The van der Waals surface area contributed by atoms with E-state index in [-0.39, 0.29) is 11.6 Å². The Labute approximate surface area is 145 Å². The van der Waals surface area contributed by atoms with Crippen molar-refractivity contribution in [1.82, 2.24) is 0 Å². The molecule has 2 aromatic carbocycles. The Morgan fingerprint density at radius 2 is 1.76 bits per heavy atom. The molecule has 25 heavy (non-hydrogen) atoms. The number of rotatable bonds is 5. The molecule has 0 aromatic heterocycles. The molecule has 5 heteroatoms. The number of aliphatic imine (C=N–C) groups is 1. The highest BCUT2D eigenvalue weighted by atomic mass is 16.6. The number of benzene rings is 2. The third kappa shape index (κ3) is 3.77. The molecule has 126 valence electrons. The number of carbonyl (C=O) groups is 1. The van der Waals surface area contributed by atoms with E-state index < -0.39 is 5.97 Å². The highest BCUT2D eigenvalue weighted by Crippen LogP contribution is 2.32. The average molecular weight is 335 g/mol. The Balaban J connectivity index is 1.88. The second kappa shape index (κ2) is 7.49. The predicted octanol–water partition coefficient (Wildman–Crippen LogP) is 3.71. The molecule has 0 bridgehead atoms. The molecule has 0 saturated carbocycles. The fourth-order valence-electron chi connectivity index (χ4n) is 2.40. The van der Waals surface area contributed by atoms with Gasteiger partial charge in [0.15, 0.2) is 17.2 Å². The number of hydrogen-bond acceptors (Lipinski definition) is 5. The van der Waals surface area contributed by atoms with Gasteiger partial charge in [0.05, 0.1) is 14.2 Å². The molecule has 0 amide bonds. The third-order valence-corrected chi connectivity index (χ3v) is 3.58. The van der Waals surface area contributed by atoms with Crippen LogP contribution < -0.4 is 9.47 Å². The van der Waals surface area contributed by atoms with Crippen molar-refractivity contribution in [2.45, 2.75) is 0 Å². The van der Waals surface area contributed by atoms with Crippen LogP contribution in [-0.2, 0) is 9.53 Å². The summed E-state index contributed by atoms with van der Waals surface area (Å²) in [6, 6.07) is 15.1. The van der Waals surface area contributed by atoms with Crippen LogP contribution in [0, 0.1) is 0 Å². The molecule has 0 aliphatic carbocycles. The van der Waals surface area contributed by atoms with Crippen LogP contribution >= 0.6 is 0 Å². The third-order valence-electron chi connectivity index (χ3n) is 3.58. The molecule has 0 unspecified atom stereocenters. The number of methoxy groups -OCH3 is 2. The zero-order valence-corrected chi connectivity index (χ0v) is 13.9. The molecular weight excluding hydrogens is 318 g/mol. The molecule has 1 heterocycles. The second-order valence-corrected chi connectivity index (χ2v) is 5.20. The van der Waals surface area contributed by atoms with Crippen LogP contribution in [0.4, 0.5) is 0 Å². The van der Waals surface area contributed by atoms with E-state index >= 15 is 0 Å². The summed E-state index contributed by atoms with van der Waals surface area (Å²) in [5.74, 6) is 0.865. The van der Waals surface area contributed by atoms with Crippen LogP contribution in [0.5, 0.6) is 11.5 Å². The highest BCUT2D eigenvalue weighted by molar-refractivity contribution is 6.11. The van der Waals surface area contributed by atoms with Crippen molar-refractivity contribution in [3.63, 3.8) is 0 Å². The molecule has 0 saturated heterocycles. The zero-order valence-electron chi connectivity index (χ0n) is 13.9. The quantitative estimate of drug-likeness (QED) is 0.617. The minimum atomic E-state index is -0.502. The highest BCUT2D eigenvalue weighted by Gasteiger charge is 2.22. The van der Waals surface area contributed by atoms with E-state index in [0.717, 1.165) is 5.56 Å². The van der Waals surface area contributed by atoms with Crippen molar-refractivity contribution < 1.29 is 19.0 Å². The predicted molar refractivity (Wildman–Crippen MR) is 96.5 cm³/mol. The number of cyclic esters (lactones) is 1. The van der Waals surface area contributed by atoms with E-state index in [2.05, 4.69) is 4.99 Å². The largest absolute Gasteiger partial charge is 0.493 e. The Hall–Kier alpha value is -3.34. The standard InChI is InChI=1S/C20H17NO4/c1-23-17-10-6-9-15(19(17)24-2)13-16-20(22)25-18(21-16)12-11-14-7-4-3-5-8-14/h3-13H,1-2H3. The van der Waals surface area contributed by atoms with Gasteiger partial charge in [0.1, 0.15) is 0 Å². The number of hydrogen-bond donors (Lipinski definition) is 0. The van der Waals surface area contributed by atoms with Gasteiger partial charge in [0.2, 0.25) is 5.90 Å². The maximum Gasteiger partial charge on any atom is 0.363 e. The van der Waals surface area contributed by atoms with Crippen LogP contribution in [0.3, 0.4) is 0 Å². The molecule has 2 aromatic rings. The summed E-state index contributed by atoms with van der Waals surface area (Å²) in [6.45, 7) is 0. The van der Waals surface area contributed by atoms with Crippen LogP contribution in [0.1, 0.15) is 11.1 Å². The fourth-order valence-corrected chi connectivity index (χ4v) is 2.40. The van der Waals surface area contributed by atoms with Gasteiger partial charge in [0, 0.05) is 11.6 Å². The first-order valence-corrected chi connectivity index (χ1v) is 7.68. The number of para-hydroxylation sites is 1. The van der Waals surface area contributed by atoms with Crippen molar-refractivity contribution in [3.8, 4) is 11.5 Å². The van der Waals surface area contributed by atoms with Crippen LogP contribution in [0.2, 0.25) is 0 Å². The number of esters is 1. The van der Waals surface area contributed by atoms with E-state index in [4.69, 9.17) is 14.2 Å². The second-order valence-electron chi connectivity index (χ2n) is 5.20. The fraction of sp³-hybridized carbons (Fsp3) is 0.100. The summed E-state index contributed by atoms with van der Waals surface area (Å²) in [5.41, 5.74) is 1.89. The molecule has 0 N–H and O–H groups in total. The normalized spacial score (nSPS) is 15.4. The summed E-state index contributed by atoms with van der Waals surface area (Å²) in [7, 11) is 3.10. The maximum absolute atomic E-state index is 12.0. The zero-order chi connectivity index (χ0) is 17.6. The van der Waals surface area contributed by atoms with Gasteiger partial charge in [-0.3, -0.25) is 0 Å². The van der Waals surface area contributed by atoms with Gasteiger partial charge in [-0.1, -0.05) is 42.5 Å². The number of nitrogens with zero attached hydrogens (tertiary/aromatic N) is 1. The van der Waals surface area contributed by atoms with E-state index in [1.807, 2.05) is 48.5 Å². The summed E-state index contributed by atoms with van der Waals surface area (Å²) in [5, 5.41) is 0. The molecule has 0 atom stereocenters. The van der Waals surface area contributed by atoms with Gasteiger partial charge in [-0.05, 0) is 23.8 Å². The van der Waals surface area contributed by atoms with Crippen LogP contribution in [0.25, 0.3) is 12.2 Å². The average Bonchev–Trinajstić information content (AvgIpc) is 3.00. The van der Waals surface area contributed by atoms with Crippen molar-refractivity contribution in [3.05, 3.63) is 71.4 Å². The van der Waals surface area contributed by atoms with Crippen molar-refractivity contribution in [1.29, 1.82) is 0 Å². The van der Waals surface area contributed by atoms with Gasteiger partial charge in [0.25, 0.3) is 0 Å². The topological polar surface area (TPSA) is 57.1 Å². The summed E-state index contributed by atoms with van der Waals surface area (Å²) in [6.07, 6.45) is 5.12. The maximum atomic E-state index is 12.0. The molecule has 1 aliphatic rings. The first kappa shape index (κ1) is 16.5. The Morgan fingerprint density at radius 1 is 0.960 bits per heavy atom. The van der Waals surface area contributed by atoms with Gasteiger partial charge in [-0.15, -0.1) is 0 Å². The minimum absolute atomic E-state index is 0.208. The number of carbonyl (C=O) groups excluding carboxylic acids is 1. The Kier molecular flexibility index (Phi) is 4.95. The van der Waals surface area contributed by atoms with Gasteiger partial charge < -0.3 is 14.2 Å². The first-order valence-electron chi connectivity index (χ1n) is 7.68. The van der Waals surface area contributed by atoms with Gasteiger partial charge in [-0.25, -0.2) is 9.79 Å². The molecule has 0 spiro atoms. The Bertz CT molecular complexity index is 867. The molecular formula is C20H17NO4. The van der Waals surface area contributed by atoms with Gasteiger partial charge >= 0.3 is 5.97 Å². The van der Waals surface area contributed by atoms with Crippen LogP contribution in [-0.4, -0.2) is 26.1 Å². The van der Waals surface area contributed by atoms with Crippen LogP contribution in [0.15, 0.2) is 65.3 Å². The molecule has 5 nitrogen and oxygen atoms in total. The summed E-state index contributed by atoms with van der Waals surface area (Å²) < 4.78 is 15.8. The molecule has 1 aliphatic heterocycles.